The first-order chi connectivity index (χ1) is 14.4. The number of rotatable bonds is 4. The van der Waals surface area contributed by atoms with Gasteiger partial charge in [-0.1, -0.05) is 24.3 Å². The molecule has 0 bridgehead atoms. The maximum Gasteiger partial charge on any atom is 0.110 e. The van der Waals surface area contributed by atoms with Crippen LogP contribution in [-0.4, -0.2) is 9.97 Å². The SMILES string of the molecule is c1csc(-c2nc3c(-c4cccs4)sc(-c4cccs4)c3nc2-c2cccs2)c1. The Morgan fingerprint density at radius 3 is 1.21 bits per heavy atom. The molecule has 0 amide bonds. The van der Waals surface area contributed by atoms with E-state index in [1.54, 1.807) is 56.7 Å². The summed E-state index contributed by atoms with van der Waals surface area (Å²) in [6, 6.07) is 17.0. The lowest BCUT2D eigenvalue weighted by Crippen LogP contribution is -1.92. The van der Waals surface area contributed by atoms with Crippen LogP contribution in [0.25, 0.3) is 51.7 Å². The summed E-state index contributed by atoms with van der Waals surface area (Å²) in [7, 11) is 0. The van der Waals surface area contributed by atoms with E-state index in [1.165, 1.54) is 19.5 Å². The van der Waals surface area contributed by atoms with Gasteiger partial charge in [-0.3, -0.25) is 0 Å². The molecular formula is C22H12N2S5. The van der Waals surface area contributed by atoms with Crippen LogP contribution in [0.3, 0.4) is 0 Å². The molecule has 7 heteroatoms. The van der Waals surface area contributed by atoms with Gasteiger partial charge in [0.2, 0.25) is 0 Å². The first kappa shape index (κ1) is 17.7. The molecule has 6 aromatic heterocycles. The van der Waals surface area contributed by atoms with Crippen LogP contribution in [0.5, 0.6) is 0 Å². The van der Waals surface area contributed by atoms with Gasteiger partial charge in [0.1, 0.15) is 22.4 Å². The van der Waals surface area contributed by atoms with Crippen molar-refractivity contribution < 1.29 is 0 Å². The highest BCUT2D eigenvalue weighted by Gasteiger charge is 2.23. The molecule has 0 radical (unpaired) electrons. The van der Waals surface area contributed by atoms with E-state index in [4.69, 9.17) is 9.97 Å². The van der Waals surface area contributed by atoms with Crippen molar-refractivity contribution in [1.29, 1.82) is 0 Å². The molecule has 2 nitrogen and oxygen atoms in total. The number of hydrogen-bond acceptors (Lipinski definition) is 7. The van der Waals surface area contributed by atoms with E-state index in [9.17, 15) is 0 Å². The van der Waals surface area contributed by atoms with Gasteiger partial charge in [0, 0.05) is 9.75 Å². The first-order valence-corrected chi connectivity index (χ1v) is 13.2. The van der Waals surface area contributed by atoms with E-state index in [0.29, 0.717) is 0 Å². The average molecular weight is 465 g/mol. The van der Waals surface area contributed by atoms with E-state index in [0.717, 1.165) is 32.2 Å². The summed E-state index contributed by atoms with van der Waals surface area (Å²) in [5, 5.41) is 8.45. The van der Waals surface area contributed by atoms with E-state index >= 15 is 0 Å². The van der Waals surface area contributed by atoms with Crippen molar-refractivity contribution in [2.45, 2.75) is 0 Å². The van der Waals surface area contributed by atoms with E-state index in [-0.39, 0.29) is 0 Å². The minimum absolute atomic E-state index is 0.975. The Labute approximate surface area is 187 Å². The third kappa shape index (κ3) is 3.01. The monoisotopic (exact) mass is 464 g/mol. The molecule has 0 N–H and O–H groups in total. The third-order valence-corrected chi connectivity index (χ3v) is 9.55. The fraction of sp³-hybridized carbons (Fsp3) is 0. The molecule has 0 aliphatic rings. The second-order valence-corrected chi connectivity index (χ2v) is 11.1. The lowest BCUT2D eigenvalue weighted by molar-refractivity contribution is 1.33. The molecule has 0 spiro atoms. The number of thiophene rings is 5. The topological polar surface area (TPSA) is 25.8 Å². The van der Waals surface area contributed by atoms with Gasteiger partial charge in [0.15, 0.2) is 0 Å². The lowest BCUT2D eigenvalue weighted by atomic mass is 10.2. The third-order valence-electron chi connectivity index (χ3n) is 4.53. The summed E-state index contributed by atoms with van der Waals surface area (Å²) in [5.41, 5.74) is 3.96. The predicted octanol–water partition coefficient (Wildman–Crippen LogP) is 8.61. The molecule has 0 fully saturated rings. The zero-order valence-electron chi connectivity index (χ0n) is 14.9. The lowest BCUT2D eigenvalue weighted by Gasteiger charge is -2.07. The van der Waals surface area contributed by atoms with Crippen molar-refractivity contribution in [2.24, 2.45) is 0 Å². The Morgan fingerprint density at radius 2 is 0.862 bits per heavy atom. The van der Waals surface area contributed by atoms with Gasteiger partial charge in [-0.2, -0.15) is 0 Å². The zero-order chi connectivity index (χ0) is 19.2. The predicted molar refractivity (Wildman–Crippen MR) is 131 cm³/mol. The van der Waals surface area contributed by atoms with Crippen molar-refractivity contribution in [3.8, 4) is 40.7 Å². The van der Waals surface area contributed by atoms with Gasteiger partial charge in [-0.05, 0) is 45.8 Å². The standard InChI is InChI=1S/C22H12N2S5/c1-5-13(25-9-1)17-18(14-6-2-10-26-14)24-20-19(23-17)21(15-7-3-11-27-15)29-22(20)16-8-4-12-28-16/h1-12H. The molecule has 0 aromatic carbocycles. The van der Waals surface area contributed by atoms with Crippen LogP contribution >= 0.6 is 56.7 Å². The minimum Gasteiger partial charge on any atom is -0.241 e. The van der Waals surface area contributed by atoms with E-state index in [1.807, 2.05) is 0 Å². The summed E-state index contributed by atoms with van der Waals surface area (Å²) in [6.07, 6.45) is 0. The van der Waals surface area contributed by atoms with Crippen LogP contribution in [0.15, 0.2) is 70.1 Å². The normalized spacial score (nSPS) is 11.4. The van der Waals surface area contributed by atoms with Crippen molar-refractivity contribution in [3.05, 3.63) is 70.1 Å². The molecule has 0 unspecified atom stereocenters. The summed E-state index contributed by atoms with van der Waals surface area (Å²) in [6.45, 7) is 0. The maximum absolute atomic E-state index is 5.24. The van der Waals surface area contributed by atoms with E-state index < -0.39 is 0 Å². The van der Waals surface area contributed by atoms with Gasteiger partial charge in [-0.15, -0.1) is 56.7 Å². The molecule has 0 aliphatic heterocycles. The fourth-order valence-electron chi connectivity index (χ4n) is 3.27. The Kier molecular flexibility index (Phi) is 4.43. The Hall–Kier alpha value is -2.16. The highest BCUT2D eigenvalue weighted by atomic mass is 32.1. The van der Waals surface area contributed by atoms with Crippen LogP contribution in [0.4, 0.5) is 0 Å². The highest BCUT2D eigenvalue weighted by molar-refractivity contribution is 7.27. The second kappa shape index (κ2) is 7.27. The fourth-order valence-corrected chi connectivity index (χ4v) is 7.59. The minimum atomic E-state index is 0.975. The van der Waals surface area contributed by atoms with Crippen molar-refractivity contribution in [3.63, 3.8) is 0 Å². The van der Waals surface area contributed by atoms with Crippen LogP contribution in [-0.2, 0) is 0 Å². The Balaban J connectivity index is 1.72. The van der Waals surface area contributed by atoms with Crippen LogP contribution < -0.4 is 0 Å². The van der Waals surface area contributed by atoms with Crippen LogP contribution in [0.2, 0.25) is 0 Å². The summed E-state index contributed by atoms with van der Waals surface area (Å²) < 4.78 is 0. The smallest absolute Gasteiger partial charge is 0.110 e. The molecule has 6 heterocycles. The molecule has 140 valence electrons. The van der Waals surface area contributed by atoms with Crippen LogP contribution in [0, 0.1) is 0 Å². The number of aromatic nitrogens is 2. The largest absolute Gasteiger partial charge is 0.241 e. The van der Waals surface area contributed by atoms with E-state index in [2.05, 4.69) is 70.1 Å². The Bertz CT molecular complexity index is 1270. The molecule has 0 saturated carbocycles. The summed E-state index contributed by atoms with van der Waals surface area (Å²) in [4.78, 5) is 17.7. The van der Waals surface area contributed by atoms with Gasteiger partial charge in [0.05, 0.1) is 19.5 Å². The van der Waals surface area contributed by atoms with Crippen molar-refractivity contribution >= 4 is 67.7 Å². The highest BCUT2D eigenvalue weighted by Crippen LogP contribution is 2.47. The number of hydrogen-bond donors (Lipinski definition) is 0. The number of fused-ring (bicyclic) bond motifs is 1. The average Bonchev–Trinajstić information content (AvgIpc) is 3.55. The van der Waals surface area contributed by atoms with Crippen molar-refractivity contribution in [2.75, 3.05) is 0 Å². The molecule has 0 atom stereocenters. The zero-order valence-corrected chi connectivity index (χ0v) is 18.9. The maximum atomic E-state index is 5.24. The first-order valence-electron chi connectivity index (χ1n) is 8.88. The summed E-state index contributed by atoms with van der Waals surface area (Å²) >= 11 is 8.75. The second-order valence-electron chi connectivity index (χ2n) is 6.29. The van der Waals surface area contributed by atoms with Gasteiger partial charge in [-0.25, -0.2) is 9.97 Å². The van der Waals surface area contributed by atoms with Gasteiger partial charge < -0.3 is 0 Å². The van der Waals surface area contributed by atoms with Gasteiger partial charge in [0.25, 0.3) is 0 Å². The molecular weight excluding hydrogens is 453 g/mol. The van der Waals surface area contributed by atoms with Gasteiger partial charge >= 0.3 is 0 Å². The molecule has 0 saturated heterocycles. The number of nitrogens with zero attached hydrogens (tertiary/aromatic N) is 2. The quantitative estimate of drug-likeness (QED) is 0.261. The van der Waals surface area contributed by atoms with Crippen molar-refractivity contribution in [1.82, 2.24) is 9.97 Å². The molecule has 29 heavy (non-hydrogen) atoms. The molecule has 0 aliphatic carbocycles. The van der Waals surface area contributed by atoms with Crippen LogP contribution in [0.1, 0.15) is 0 Å². The molecule has 6 rings (SSSR count). The molecule has 6 aromatic rings. The Morgan fingerprint density at radius 1 is 0.483 bits per heavy atom. The summed E-state index contributed by atoms with van der Waals surface area (Å²) in [5.74, 6) is 0.